The van der Waals surface area contributed by atoms with E-state index in [9.17, 15) is 9.59 Å². The highest BCUT2D eigenvalue weighted by Crippen LogP contribution is 2.35. The van der Waals surface area contributed by atoms with Crippen molar-refractivity contribution >= 4 is 29.0 Å². The lowest BCUT2D eigenvalue weighted by Gasteiger charge is -2.18. The molecular formula is C19H19N3O5. The predicted octanol–water partition coefficient (Wildman–Crippen LogP) is 3.42. The van der Waals surface area contributed by atoms with Gasteiger partial charge in [-0.3, -0.25) is 4.79 Å². The molecule has 4 rings (SSSR count). The Labute approximate surface area is 155 Å². The van der Waals surface area contributed by atoms with E-state index in [1.807, 2.05) is 13.8 Å². The molecule has 3 N–H and O–H groups in total. The number of nitrogens with one attached hydrogen (secondary N) is 3. The number of rotatable bonds is 2. The highest BCUT2D eigenvalue weighted by atomic mass is 16.7. The molecular weight excluding hydrogens is 350 g/mol. The number of ether oxygens (including phenoxy) is 3. The molecule has 0 spiro atoms. The minimum absolute atomic E-state index is 0.109. The van der Waals surface area contributed by atoms with Gasteiger partial charge >= 0.3 is 6.03 Å². The second-order valence-corrected chi connectivity index (χ2v) is 6.98. The maximum Gasteiger partial charge on any atom is 0.323 e. The number of anilines is 3. The molecule has 2 aliphatic rings. The molecule has 3 amide bonds. The second-order valence-electron chi connectivity index (χ2n) is 6.98. The van der Waals surface area contributed by atoms with E-state index in [2.05, 4.69) is 16.0 Å². The van der Waals surface area contributed by atoms with Crippen LogP contribution >= 0.6 is 0 Å². The summed E-state index contributed by atoms with van der Waals surface area (Å²) in [6.45, 7) is 4.05. The zero-order valence-corrected chi connectivity index (χ0v) is 14.9. The van der Waals surface area contributed by atoms with Crippen molar-refractivity contribution in [3.05, 3.63) is 36.4 Å². The van der Waals surface area contributed by atoms with E-state index in [0.29, 0.717) is 34.3 Å². The molecule has 0 unspecified atom stereocenters. The first-order valence-corrected chi connectivity index (χ1v) is 8.47. The summed E-state index contributed by atoms with van der Waals surface area (Å²) in [6.07, 6.45) is 0. The van der Waals surface area contributed by atoms with Crippen molar-refractivity contribution in [1.29, 1.82) is 0 Å². The zero-order chi connectivity index (χ0) is 19.0. The third-order valence-corrected chi connectivity index (χ3v) is 4.32. The smallest absolute Gasteiger partial charge is 0.323 e. The normalized spacial score (nSPS) is 16.4. The second kappa shape index (κ2) is 6.39. The van der Waals surface area contributed by atoms with Gasteiger partial charge in [0.1, 0.15) is 12.4 Å². The SMILES string of the molecule is CC1(C)COc2cc(NC(=O)Nc3ccc4c(c3)OCO4)ccc2NC1=O. The van der Waals surface area contributed by atoms with Crippen LogP contribution < -0.4 is 30.2 Å². The summed E-state index contributed by atoms with van der Waals surface area (Å²) in [6, 6.07) is 9.82. The Kier molecular flexibility index (Phi) is 4.02. The van der Waals surface area contributed by atoms with Gasteiger partial charge in [-0.1, -0.05) is 0 Å². The molecule has 27 heavy (non-hydrogen) atoms. The Morgan fingerprint density at radius 3 is 2.41 bits per heavy atom. The Balaban J connectivity index is 1.45. The number of carbonyl (C=O) groups is 2. The van der Waals surface area contributed by atoms with Crippen LogP contribution in [-0.2, 0) is 4.79 Å². The minimum Gasteiger partial charge on any atom is -0.490 e. The molecule has 8 heteroatoms. The third kappa shape index (κ3) is 3.46. The molecule has 0 aromatic heterocycles. The van der Waals surface area contributed by atoms with Crippen LogP contribution in [0.3, 0.4) is 0 Å². The fourth-order valence-corrected chi connectivity index (χ4v) is 2.71. The lowest BCUT2D eigenvalue weighted by Crippen LogP contribution is -2.33. The maximum atomic E-state index is 12.3. The molecule has 0 aliphatic carbocycles. The van der Waals surface area contributed by atoms with Gasteiger partial charge in [-0.2, -0.15) is 0 Å². The Hall–Kier alpha value is -3.42. The van der Waals surface area contributed by atoms with Crippen LogP contribution in [0.25, 0.3) is 0 Å². The first-order chi connectivity index (χ1) is 12.9. The van der Waals surface area contributed by atoms with Crippen molar-refractivity contribution in [3.8, 4) is 17.2 Å². The number of benzene rings is 2. The van der Waals surface area contributed by atoms with Crippen molar-refractivity contribution in [2.45, 2.75) is 13.8 Å². The average Bonchev–Trinajstić information content (AvgIpc) is 3.05. The van der Waals surface area contributed by atoms with Crippen LogP contribution in [0.2, 0.25) is 0 Å². The molecule has 0 radical (unpaired) electrons. The Morgan fingerprint density at radius 1 is 0.963 bits per heavy atom. The van der Waals surface area contributed by atoms with E-state index in [1.165, 1.54) is 0 Å². The maximum absolute atomic E-state index is 12.3. The summed E-state index contributed by atoms with van der Waals surface area (Å²) in [5.41, 5.74) is 1.06. The predicted molar refractivity (Wildman–Crippen MR) is 99.6 cm³/mol. The lowest BCUT2D eigenvalue weighted by molar-refractivity contribution is -0.124. The fourth-order valence-electron chi connectivity index (χ4n) is 2.71. The van der Waals surface area contributed by atoms with E-state index >= 15 is 0 Å². The molecule has 0 fully saturated rings. The number of urea groups is 1. The van der Waals surface area contributed by atoms with Crippen molar-refractivity contribution < 1.29 is 23.8 Å². The number of fused-ring (bicyclic) bond motifs is 2. The molecule has 2 aliphatic heterocycles. The van der Waals surface area contributed by atoms with Gasteiger partial charge in [0.25, 0.3) is 0 Å². The quantitative estimate of drug-likeness (QED) is 0.754. The summed E-state index contributed by atoms with van der Waals surface area (Å²) < 4.78 is 16.3. The average molecular weight is 369 g/mol. The fraction of sp³-hybridized carbons (Fsp3) is 0.263. The summed E-state index contributed by atoms with van der Waals surface area (Å²) in [5.74, 6) is 1.63. The van der Waals surface area contributed by atoms with Crippen LogP contribution in [0.4, 0.5) is 21.9 Å². The van der Waals surface area contributed by atoms with Gasteiger partial charge in [0.15, 0.2) is 11.5 Å². The molecule has 0 saturated carbocycles. The summed E-state index contributed by atoms with van der Waals surface area (Å²) in [5, 5.41) is 8.32. The summed E-state index contributed by atoms with van der Waals surface area (Å²) in [7, 11) is 0. The first-order valence-electron chi connectivity index (χ1n) is 8.47. The molecule has 2 aromatic carbocycles. The van der Waals surface area contributed by atoms with Crippen molar-refractivity contribution in [3.63, 3.8) is 0 Å². The van der Waals surface area contributed by atoms with Crippen molar-refractivity contribution in [2.75, 3.05) is 29.4 Å². The molecule has 0 bridgehead atoms. The van der Waals surface area contributed by atoms with Crippen molar-refractivity contribution in [2.24, 2.45) is 5.41 Å². The number of hydrogen-bond donors (Lipinski definition) is 3. The van der Waals surface area contributed by atoms with E-state index in [0.717, 1.165) is 0 Å². The monoisotopic (exact) mass is 369 g/mol. The van der Waals surface area contributed by atoms with Crippen LogP contribution in [0, 0.1) is 5.41 Å². The number of hydrogen-bond acceptors (Lipinski definition) is 5. The first kappa shape index (κ1) is 17.0. The minimum atomic E-state index is -0.636. The van der Waals surface area contributed by atoms with E-state index in [4.69, 9.17) is 14.2 Å². The van der Waals surface area contributed by atoms with E-state index in [1.54, 1.807) is 36.4 Å². The van der Waals surface area contributed by atoms with Gasteiger partial charge in [0.2, 0.25) is 12.7 Å². The van der Waals surface area contributed by atoms with Crippen LogP contribution in [0.15, 0.2) is 36.4 Å². The van der Waals surface area contributed by atoms with Crippen LogP contribution in [0.5, 0.6) is 17.2 Å². The topological polar surface area (TPSA) is 97.9 Å². The molecule has 140 valence electrons. The largest absolute Gasteiger partial charge is 0.490 e. The van der Waals surface area contributed by atoms with E-state index in [-0.39, 0.29) is 19.3 Å². The summed E-state index contributed by atoms with van der Waals surface area (Å²) >= 11 is 0. The zero-order valence-electron chi connectivity index (χ0n) is 14.9. The Bertz CT molecular complexity index is 926. The van der Waals surface area contributed by atoms with Crippen molar-refractivity contribution in [1.82, 2.24) is 0 Å². The van der Waals surface area contributed by atoms with Crippen LogP contribution in [0.1, 0.15) is 13.8 Å². The molecule has 2 aromatic rings. The molecule has 0 saturated heterocycles. The van der Waals surface area contributed by atoms with Gasteiger partial charge in [-0.25, -0.2) is 4.79 Å². The highest BCUT2D eigenvalue weighted by molar-refractivity contribution is 6.01. The lowest BCUT2D eigenvalue weighted by atomic mass is 9.94. The molecule has 8 nitrogen and oxygen atoms in total. The summed E-state index contributed by atoms with van der Waals surface area (Å²) in [4.78, 5) is 24.4. The highest BCUT2D eigenvalue weighted by Gasteiger charge is 2.32. The van der Waals surface area contributed by atoms with Gasteiger partial charge in [-0.05, 0) is 38.1 Å². The molecule has 0 atom stereocenters. The number of carbonyl (C=O) groups excluding carboxylic acids is 2. The van der Waals surface area contributed by atoms with Gasteiger partial charge in [-0.15, -0.1) is 0 Å². The van der Waals surface area contributed by atoms with Gasteiger partial charge in [0.05, 0.1) is 11.1 Å². The molecule has 2 heterocycles. The van der Waals surface area contributed by atoms with Crippen LogP contribution in [-0.4, -0.2) is 25.3 Å². The van der Waals surface area contributed by atoms with Gasteiger partial charge < -0.3 is 30.2 Å². The standard InChI is InChI=1S/C19H19N3O5/c1-19(2)9-25-15-7-11(3-5-13(15)22-17(19)23)20-18(24)21-12-4-6-14-16(8-12)27-10-26-14/h3-8H,9-10H2,1-2H3,(H,22,23)(H2,20,21,24). The third-order valence-electron chi connectivity index (χ3n) is 4.32. The number of amides is 3. The van der Waals surface area contributed by atoms with E-state index < -0.39 is 11.4 Å². The van der Waals surface area contributed by atoms with Gasteiger partial charge in [0, 0.05) is 23.5 Å². The Morgan fingerprint density at radius 2 is 1.63 bits per heavy atom.